The van der Waals surface area contributed by atoms with Crippen LogP contribution >= 0.6 is 0 Å². The molecular formula is C11H12O2. The van der Waals surface area contributed by atoms with Crippen molar-refractivity contribution in [1.82, 2.24) is 0 Å². The van der Waals surface area contributed by atoms with Gasteiger partial charge in [-0.3, -0.25) is 4.79 Å². The highest BCUT2D eigenvalue weighted by Crippen LogP contribution is 2.38. The summed E-state index contributed by atoms with van der Waals surface area (Å²) < 4.78 is 5.27. The van der Waals surface area contributed by atoms with Crippen LogP contribution in [0.15, 0.2) is 30.3 Å². The summed E-state index contributed by atoms with van der Waals surface area (Å²) in [5, 5.41) is 0. The van der Waals surface area contributed by atoms with E-state index in [1.54, 1.807) is 0 Å². The third-order valence-corrected chi connectivity index (χ3v) is 2.63. The topological polar surface area (TPSA) is 29.6 Å². The van der Waals surface area contributed by atoms with E-state index in [1.807, 2.05) is 44.2 Å². The van der Waals surface area contributed by atoms with E-state index in [4.69, 9.17) is 4.74 Å². The molecular weight excluding hydrogens is 164 g/mol. The van der Waals surface area contributed by atoms with Crippen LogP contribution in [0.4, 0.5) is 0 Å². The van der Waals surface area contributed by atoms with Crippen molar-refractivity contribution < 1.29 is 9.53 Å². The minimum absolute atomic E-state index is 0.0557. The number of rotatable bonds is 2. The first kappa shape index (κ1) is 8.45. The molecule has 2 heteroatoms. The predicted octanol–water partition coefficient (Wildman–Crippen LogP) is 2.05. The largest absolute Gasteiger partial charge is 0.358 e. The number of epoxide rings is 1. The standard InChI is InChI=1S/C11H12O2/c1-8-11(2,13-8)10(12)9-6-4-3-5-7-9/h3-8H,1-2H3. The van der Waals surface area contributed by atoms with Crippen LogP contribution in [-0.4, -0.2) is 17.5 Å². The molecule has 1 aromatic carbocycles. The SMILES string of the molecule is CC1OC1(C)C(=O)c1ccccc1. The van der Waals surface area contributed by atoms with Gasteiger partial charge in [0.25, 0.3) is 0 Å². The molecule has 2 unspecified atom stereocenters. The van der Waals surface area contributed by atoms with Gasteiger partial charge in [0.1, 0.15) is 0 Å². The number of hydrogen-bond acceptors (Lipinski definition) is 2. The van der Waals surface area contributed by atoms with Gasteiger partial charge in [0, 0.05) is 5.56 Å². The lowest BCUT2D eigenvalue weighted by atomic mass is 9.97. The van der Waals surface area contributed by atoms with Crippen LogP contribution in [0, 0.1) is 0 Å². The van der Waals surface area contributed by atoms with Crippen molar-refractivity contribution in [2.45, 2.75) is 25.6 Å². The zero-order valence-electron chi connectivity index (χ0n) is 7.78. The lowest BCUT2D eigenvalue weighted by Crippen LogP contribution is -2.22. The molecule has 0 spiro atoms. The molecule has 13 heavy (non-hydrogen) atoms. The quantitative estimate of drug-likeness (QED) is 0.510. The number of carbonyl (C=O) groups excluding carboxylic acids is 1. The zero-order chi connectivity index (χ0) is 9.47. The Bertz CT molecular complexity index is 331. The summed E-state index contributed by atoms with van der Waals surface area (Å²) in [6, 6.07) is 9.27. The van der Waals surface area contributed by atoms with Gasteiger partial charge < -0.3 is 4.74 Å². The van der Waals surface area contributed by atoms with Gasteiger partial charge in [0.2, 0.25) is 0 Å². The summed E-state index contributed by atoms with van der Waals surface area (Å²) in [7, 11) is 0. The molecule has 68 valence electrons. The van der Waals surface area contributed by atoms with Crippen LogP contribution in [0.3, 0.4) is 0 Å². The van der Waals surface area contributed by atoms with Crippen molar-refractivity contribution >= 4 is 5.78 Å². The molecule has 0 bridgehead atoms. The molecule has 1 aliphatic heterocycles. The highest BCUT2D eigenvalue weighted by atomic mass is 16.6. The van der Waals surface area contributed by atoms with E-state index in [-0.39, 0.29) is 11.9 Å². The Morgan fingerprint density at radius 3 is 2.38 bits per heavy atom. The first-order valence-electron chi connectivity index (χ1n) is 4.42. The summed E-state index contributed by atoms with van der Waals surface area (Å²) in [4.78, 5) is 11.8. The highest BCUT2D eigenvalue weighted by Gasteiger charge is 2.55. The Morgan fingerprint density at radius 2 is 1.92 bits per heavy atom. The molecule has 0 N–H and O–H groups in total. The Balaban J connectivity index is 2.25. The van der Waals surface area contributed by atoms with Crippen LogP contribution in [-0.2, 0) is 4.74 Å². The van der Waals surface area contributed by atoms with Gasteiger partial charge >= 0.3 is 0 Å². The molecule has 2 rings (SSSR count). The molecule has 0 radical (unpaired) electrons. The lowest BCUT2D eigenvalue weighted by Gasteiger charge is -2.03. The number of hydrogen-bond donors (Lipinski definition) is 0. The predicted molar refractivity (Wildman–Crippen MR) is 49.7 cm³/mol. The van der Waals surface area contributed by atoms with Crippen LogP contribution in [0.25, 0.3) is 0 Å². The van der Waals surface area contributed by atoms with Crippen molar-refractivity contribution in [2.24, 2.45) is 0 Å². The molecule has 1 heterocycles. The van der Waals surface area contributed by atoms with Crippen LogP contribution in [0.1, 0.15) is 24.2 Å². The molecule has 0 aromatic heterocycles. The van der Waals surface area contributed by atoms with Gasteiger partial charge in [-0.2, -0.15) is 0 Å². The number of carbonyl (C=O) groups is 1. The van der Waals surface area contributed by atoms with Gasteiger partial charge in [0.05, 0.1) is 6.10 Å². The lowest BCUT2D eigenvalue weighted by molar-refractivity contribution is 0.0888. The maximum atomic E-state index is 11.8. The van der Waals surface area contributed by atoms with Gasteiger partial charge in [-0.25, -0.2) is 0 Å². The van der Waals surface area contributed by atoms with Gasteiger partial charge in [-0.15, -0.1) is 0 Å². The van der Waals surface area contributed by atoms with Gasteiger partial charge in [0.15, 0.2) is 11.4 Å². The van der Waals surface area contributed by atoms with E-state index in [9.17, 15) is 4.79 Å². The van der Waals surface area contributed by atoms with E-state index < -0.39 is 5.60 Å². The number of ketones is 1. The van der Waals surface area contributed by atoms with Crippen molar-refractivity contribution in [2.75, 3.05) is 0 Å². The van der Waals surface area contributed by atoms with Crippen LogP contribution in [0.2, 0.25) is 0 Å². The normalized spacial score (nSPS) is 31.4. The summed E-state index contributed by atoms with van der Waals surface area (Å²) in [6.07, 6.45) is 0.0557. The summed E-state index contributed by atoms with van der Waals surface area (Å²) in [6.45, 7) is 3.76. The van der Waals surface area contributed by atoms with E-state index in [2.05, 4.69) is 0 Å². The third-order valence-electron chi connectivity index (χ3n) is 2.63. The number of benzene rings is 1. The fourth-order valence-electron chi connectivity index (χ4n) is 1.45. The van der Waals surface area contributed by atoms with E-state index in [0.29, 0.717) is 0 Å². The maximum absolute atomic E-state index is 11.8. The monoisotopic (exact) mass is 176 g/mol. The van der Waals surface area contributed by atoms with E-state index >= 15 is 0 Å². The highest BCUT2D eigenvalue weighted by molar-refractivity contribution is 6.04. The molecule has 1 saturated heterocycles. The van der Waals surface area contributed by atoms with Crippen LogP contribution < -0.4 is 0 Å². The average Bonchev–Trinajstić information content (AvgIpc) is 2.76. The molecule has 1 fully saturated rings. The summed E-state index contributed by atoms with van der Waals surface area (Å²) >= 11 is 0. The van der Waals surface area contributed by atoms with Crippen molar-refractivity contribution in [3.63, 3.8) is 0 Å². The summed E-state index contributed by atoms with van der Waals surface area (Å²) in [5.74, 6) is 0.0839. The molecule has 0 amide bonds. The number of Topliss-reactive ketones (excluding diaryl/α,β-unsaturated/α-hetero) is 1. The molecule has 1 aliphatic rings. The number of ether oxygens (including phenoxy) is 1. The smallest absolute Gasteiger partial charge is 0.197 e. The second kappa shape index (κ2) is 2.67. The molecule has 2 nitrogen and oxygen atoms in total. The van der Waals surface area contributed by atoms with Gasteiger partial charge in [-0.05, 0) is 13.8 Å². The fraction of sp³-hybridized carbons (Fsp3) is 0.364. The maximum Gasteiger partial charge on any atom is 0.197 e. The first-order valence-corrected chi connectivity index (χ1v) is 4.42. The first-order chi connectivity index (χ1) is 6.14. The summed E-state index contributed by atoms with van der Waals surface area (Å²) in [5.41, 5.74) is 0.163. The molecule has 0 aliphatic carbocycles. The third kappa shape index (κ3) is 1.27. The molecule has 1 aromatic rings. The molecule has 0 saturated carbocycles. The second-order valence-corrected chi connectivity index (χ2v) is 3.56. The Kier molecular flexibility index (Phi) is 1.74. The van der Waals surface area contributed by atoms with Crippen LogP contribution in [0.5, 0.6) is 0 Å². The molecule has 2 atom stereocenters. The Labute approximate surface area is 77.5 Å². The minimum Gasteiger partial charge on any atom is -0.358 e. The fourth-order valence-corrected chi connectivity index (χ4v) is 1.45. The van der Waals surface area contributed by atoms with E-state index in [1.165, 1.54) is 0 Å². The van der Waals surface area contributed by atoms with Crippen molar-refractivity contribution in [1.29, 1.82) is 0 Å². The average molecular weight is 176 g/mol. The Hall–Kier alpha value is -1.15. The van der Waals surface area contributed by atoms with Crippen molar-refractivity contribution in [3.8, 4) is 0 Å². The minimum atomic E-state index is -0.568. The second-order valence-electron chi connectivity index (χ2n) is 3.56. The van der Waals surface area contributed by atoms with Crippen molar-refractivity contribution in [3.05, 3.63) is 35.9 Å². The van der Waals surface area contributed by atoms with Gasteiger partial charge in [-0.1, -0.05) is 30.3 Å². The zero-order valence-corrected chi connectivity index (χ0v) is 7.78. The van der Waals surface area contributed by atoms with E-state index in [0.717, 1.165) is 5.56 Å². The Morgan fingerprint density at radius 1 is 1.38 bits per heavy atom.